The van der Waals surface area contributed by atoms with Gasteiger partial charge in [-0.3, -0.25) is 5.41 Å². The molecule has 98 valence electrons. The molecule has 0 saturated carbocycles. The molecule has 6 nitrogen and oxygen atoms in total. The van der Waals surface area contributed by atoms with E-state index in [-0.39, 0.29) is 18.0 Å². The molecule has 18 heavy (non-hydrogen) atoms. The van der Waals surface area contributed by atoms with E-state index in [0.29, 0.717) is 24.5 Å². The van der Waals surface area contributed by atoms with E-state index < -0.39 is 0 Å². The standard InChI is InChI=1S/C12H18N4O2/c1-17-9-6-16(7-10(9)18-2)12-8(11(13)14)4-3-5-15-12/h3-5,9-10H,6-7H2,1-2H3,(H3,13,14). The highest BCUT2D eigenvalue weighted by Gasteiger charge is 2.34. The van der Waals surface area contributed by atoms with Crippen molar-refractivity contribution >= 4 is 11.7 Å². The maximum atomic E-state index is 7.58. The fourth-order valence-corrected chi connectivity index (χ4v) is 2.23. The molecule has 1 aliphatic rings. The van der Waals surface area contributed by atoms with Crippen LogP contribution in [0.5, 0.6) is 0 Å². The van der Waals surface area contributed by atoms with Crippen LogP contribution in [-0.2, 0) is 9.47 Å². The van der Waals surface area contributed by atoms with E-state index in [4.69, 9.17) is 20.6 Å². The van der Waals surface area contributed by atoms with Gasteiger partial charge in [-0.15, -0.1) is 0 Å². The minimum absolute atomic E-state index is 0.0109. The maximum absolute atomic E-state index is 7.58. The first-order valence-electron chi connectivity index (χ1n) is 5.77. The summed E-state index contributed by atoms with van der Waals surface area (Å²) in [7, 11) is 3.34. The maximum Gasteiger partial charge on any atom is 0.139 e. The molecule has 0 aliphatic carbocycles. The zero-order valence-electron chi connectivity index (χ0n) is 10.6. The molecular weight excluding hydrogens is 232 g/mol. The number of methoxy groups -OCH3 is 2. The second-order valence-corrected chi connectivity index (χ2v) is 4.24. The van der Waals surface area contributed by atoms with Crippen molar-refractivity contribution in [3.63, 3.8) is 0 Å². The Morgan fingerprint density at radius 3 is 2.50 bits per heavy atom. The molecule has 0 amide bonds. The summed E-state index contributed by atoms with van der Waals surface area (Å²) in [5.41, 5.74) is 6.21. The van der Waals surface area contributed by atoms with E-state index in [2.05, 4.69) is 4.98 Å². The van der Waals surface area contributed by atoms with Gasteiger partial charge in [0.05, 0.1) is 5.56 Å². The fraction of sp³-hybridized carbons (Fsp3) is 0.500. The van der Waals surface area contributed by atoms with Crippen LogP contribution >= 0.6 is 0 Å². The number of amidine groups is 1. The number of anilines is 1. The molecule has 0 bridgehead atoms. The summed E-state index contributed by atoms with van der Waals surface area (Å²) in [4.78, 5) is 6.35. The number of nitrogens with one attached hydrogen (secondary N) is 1. The summed E-state index contributed by atoms with van der Waals surface area (Å²) in [6.45, 7) is 1.37. The van der Waals surface area contributed by atoms with Crippen LogP contribution in [0.1, 0.15) is 5.56 Å². The van der Waals surface area contributed by atoms with Gasteiger partial charge in [-0.1, -0.05) is 0 Å². The molecule has 2 rings (SSSR count). The monoisotopic (exact) mass is 250 g/mol. The SMILES string of the molecule is COC1CN(c2ncccc2C(=N)N)CC1OC. The lowest BCUT2D eigenvalue weighted by Gasteiger charge is -2.19. The third-order valence-corrected chi connectivity index (χ3v) is 3.20. The lowest BCUT2D eigenvalue weighted by Crippen LogP contribution is -2.27. The highest BCUT2D eigenvalue weighted by Crippen LogP contribution is 2.24. The van der Waals surface area contributed by atoms with Gasteiger partial charge in [0.1, 0.15) is 23.9 Å². The summed E-state index contributed by atoms with van der Waals surface area (Å²) in [6, 6.07) is 3.57. The van der Waals surface area contributed by atoms with Crippen LogP contribution < -0.4 is 10.6 Å². The lowest BCUT2D eigenvalue weighted by atomic mass is 10.2. The first-order valence-corrected chi connectivity index (χ1v) is 5.77. The molecule has 0 radical (unpaired) electrons. The Balaban J connectivity index is 2.26. The topological polar surface area (TPSA) is 84.5 Å². The predicted octanol–water partition coefficient (Wildman–Crippen LogP) is 0.216. The van der Waals surface area contributed by atoms with Crippen LogP contribution in [0.3, 0.4) is 0 Å². The van der Waals surface area contributed by atoms with E-state index in [1.54, 1.807) is 32.5 Å². The van der Waals surface area contributed by atoms with E-state index >= 15 is 0 Å². The Bertz CT molecular complexity index is 426. The number of hydrogen-bond donors (Lipinski definition) is 2. The summed E-state index contributed by atoms with van der Waals surface area (Å²) in [5.74, 6) is 0.736. The molecule has 2 unspecified atom stereocenters. The number of nitrogen functional groups attached to an aromatic ring is 1. The van der Waals surface area contributed by atoms with Crippen molar-refractivity contribution in [2.75, 3.05) is 32.2 Å². The number of ether oxygens (including phenoxy) is 2. The second kappa shape index (κ2) is 5.32. The van der Waals surface area contributed by atoms with Gasteiger partial charge in [-0.05, 0) is 12.1 Å². The zero-order chi connectivity index (χ0) is 13.1. The van der Waals surface area contributed by atoms with E-state index in [0.717, 1.165) is 0 Å². The first kappa shape index (κ1) is 12.8. The summed E-state index contributed by atoms with van der Waals surface area (Å²) >= 11 is 0. The van der Waals surface area contributed by atoms with Gasteiger partial charge in [0.15, 0.2) is 0 Å². The van der Waals surface area contributed by atoms with E-state index in [9.17, 15) is 0 Å². The zero-order valence-corrected chi connectivity index (χ0v) is 10.6. The van der Waals surface area contributed by atoms with Crippen LogP contribution in [-0.4, -0.2) is 50.3 Å². The summed E-state index contributed by atoms with van der Waals surface area (Å²) < 4.78 is 10.8. The number of hydrogen-bond acceptors (Lipinski definition) is 5. The minimum Gasteiger partial charge on any atom is -0.384 e. The highest BCUT2D eigenvalue weighted by atomic mass is 16.5. The van der Waals surface area contributed by atoms with E-state index in [1.807, 2.05) is 4.90 Å². The van der Waals surface area contributed by atoms with Crippen LogP contribution in [0, 0.1) is 5.41 Å². The van der Waals surface area contributed by atoms with Crippen molar-refractivity contribution in [3.8, 4) is 0 Å². The molecule has 3 N–H and O–H groups in total. The lowest BCUT2D eigenvalue weighted by molar-refractivity contribution is -0.00461. The van der Waals surface area contributed by atoms with Gasteiger partial charge < -0.3 is 20.1 Å². The summed E-state index contributed by atoms with van der Waals surface area (Å²) in [5, 5.41) is 7.58. The third kappa shape index (κ3) is 2.30. The quantitative estimate of drug-likeness (QED) is 0.589. The predicted molar refractivity (Wildman–Crippen MR) is 69.1 cm³/mol. The Labute approximate surface area is 106 Å². The molecule has 1 fully saturated rings. The Hall–Kier alpha value is -1.66. The number of rotatable bonds is 4. The molecule has 1 aromatic rings. The van der Waals surface area contributed by atoms with Crippen molar-refractivity contribution in [3.05, 3.63) is 23.9 Å². The smallest absolute Gasteiger partial charge is 0.139 e. The molecule has 0 spiro atoms. The average Bonchev–Trinajstić information content (AvgIpc) is 2.81. The number of aromatic nitrogens is 1. The van der Waals surface area contributed by atoms with Crippen molar-refractivity contribution in [1.29, 1.82) is 5.41 Å². The first-order chi connectivity index (χ1) is 8.67. The van der Waals surface area contributed by atoms with Crippen molar-refractivity contribution in [2.24, 2.45) is 5.73 Å². The van der Waals surface area contributed by atoms with Gasteiger partial charge in [0.2, 0.25) is 0 Å². The highest BCUT2D eigenvalue weighted by molar-refractivity contribution is 5.99. The number of nitrogens with two attached hydrogens (primary N) is 1. The van der Waals surface area contributed by atoms with Gasteiger partial charge in [0.25, 0.3) is 0 Å². The molecular formula is C12H18N4O2. The molecule has 0 aromatic carbocycles. The number of nitrogens with zero attached hydrogens (tertiary/aromatic N) is 2. The fourth-order valence-electron chi connectivity index (χ4n) is 2.23. The molecule has 2 atom stereocenters. The van der Waals surface area contributed by atoms with Crippen molar-refractivity contribution < 1.29 is 9.47 Å². The molecule has 2 heterocycles. The van der Waals surface area contributed by atoms with E-state index in [1.165, 1.54) is 0 Å². The normalized spacial score (nSPS) is 23.3. The average molecular weight is 250 g/mol. The second-order valence-electron chi connectivity index (χ2n) is 4.24. The van der Waals surface area contributed by atoms with Gasteiger partial charge in [-0.2, -0.15) is 0 Å². The molecule has 6 heteroatoms. The van der Waals surface area contributed by atoms with Crippen molar-refractivity contribution in [1.82, 2.24) is 4.98 Å². The molecule has 1 aliphatic heterocycles. The third-order valence-electron chi connectivity index (χ3n) is 3.20. The largest absolute Gasteiger partial charge is 0.384 e. The molecule has 1 saturated heterocycles. The minimum atomic E-state index is 0.0109. The Morgan fingerprint density at radius 2 is 2.00 bits per heavy atom. The Morgan fingerprint density at radius 1 is 1.39 bits per heavy atom. The molecule has 1 aromatic heterocycles. The van der Waals surface area contributed by atoms with Crippen LogP contribution in [0.25, 0.3) is 0 Å². The van der Waals surface area contributed by atoms with Gasteiger partial charge >= 0.3 is 0 Å². The number of pyridine rings is 1. The summed E-state index contributed by atoms with van der Waals surface area (Å²) in [6.07, 6.45) is 1.72. The van der Waals surface area contributed by atoms with Crippen LogP contribution in [0.4, 0.5) is 5.82 Å². The van der Waals surface area contributed by atoms with Gasteiger partial charge in [0, 0.05) is 33.5 Å². The van der Waals surface area contributed by atoms with Crippen LogP contribution in [0.15, 0.2) is 18.3 Å². The van der Waals surface area contributed by atoms with Gasteiger partial charge in [-0.25, -0.2) is 4.98 Å². The van der Waals surface area contributed by atoms with Crippen molar-refractivity contribution in [2.45, 2.75) is 12.2 Å². The van der Waals surface area contributed by atoms with Crippen LogP contribution in [0.2, 0.25) is 0 Å². The Kier molecular flexibility index (Phi) is 3.78.